The second-order valence-corrected chi connectivity index (χ2v) is 8.40. The van der Waals surface area contributed by atoms with Crippen molar-refractivity contribution in [3.05, 3.63) is 89.3 Å². The Kier molecular flexibility index (Phi) is 6.21. The van der Waals surface area contributed by atoms with Crippen LogP contribution in [0, 0.1) is 6.92 Å². The lowest BCUT2D eigenvalue weighted by molar-refractivity contribution is 0.514. The largest absolute Gasteiger partial charge is 0.371 e. The maximum Gasteiger partial charge on any atom is 0.220 e. The number of benzene rings is 1. The number of nitrogen functional groups attached to an aromatic ring is 1. The second kappa shape index (κ2) is 9.22. The van der Waals surface area contributed by atoms with Gasteiger partial charge in [0.2, 0.25) is 5.95 Å². The Morgan fingerprint density at radius 1 is 1.25 bits per heavy atom. The molecule has 4 rings (SSSR count). The first-order chi connectivity index (χ1) is 15.4. The lowest BCUT2D eigenvalue weighted by atomic mass is 10.0. The van der Waals surface area contributed by atoms with Gasteiger partial charge in [-0.25, -0.2) is 9.97 Å². The monoisotopic (exact) mass is 426 g/mol. The molecule has 6 heteroatoms. The molecule has 0 aliphatic heterocycles. The number of aryl methyl sites for hydroxylation is 2. The van der Waals surface area contributed by atoms with E-state index in [1.165, 1.54) is 11.1 Å². The van der Waals surface area contributed by atoms with Crippen molar-refractivity contribution in [2.75, 3.05) is 19.3 Å². The number of hydrogen-bond donors (Lipinski definition) is 1. The van der Waals surface area contributed by atoms with E-state index in [0.29, 0.717) is 0 Å². The molecule has 1 aliphatic carbocycles. The summed E-state index contributed by atoms with van der Waals surface area (Å²) in [4.78, 5) is 10.8. The molecule has 3 aromatic rings. The molecule has 0 spiro atoms. The predicted molar refractivity (Wildman–Crippen MR) is 131 cm³/mol. The molecular formula is C26H30N6. The first kappa shape index (κ1) is 21.6. The van der Waals surface area contributed by atoms with Crippen LogP contribution in [0.3, 0.4) is 0 Å². The molecule has 6 nitrogen and oxygen atoms in total. The van der Waals surface area contributed by atoms with Crippen LogP contribution in [0.4, 0.5) is 5.95 Å². The number of aromatic nitrogens is 4. The number of rotatable bonds is 7. The van der Waals surface area contributed by atoms with Crippen LogP contribution >= 0.6 is 0 Å². The Bertz CT molecular complexity index is 1180. The van der Waals surface area contributed by atoms with E-state index >= 15 is 0 Å². The molecule has 0 amide bonds. The molecule has 32 heavy (non-hydrogen) atoms. The highest BCUT2D eigenvalue weighted by Crippen LogP contribution is 2.26. The maximum absolute atomic E-state index is 5.88. The van der Waals surface area contributed by atoms with Crippen molar-refractivity contribution in [3.8, 4) is 11.4 Å². The van der Waals surface area contributed by atoms with Crippen molar-refractivity contribution in [1.29, 1.82) is 0 Å². The van der Waals surface area contributed by atoms with Crippen LogP contribution in [0.15, 0.2) is 66.9 Å². The summed E-state index contributed by atoms with van der Waals surface area (Å²) < 4.78 is 1.82. The number of anilines is 1. The van der Waals surface area contributed by atoms with E-state index in [1.807, 2.05) is 30.9 Å². The summed E-state index contributed by atoms with van der Waals surface area (Å²) in [6, 6.07) is 10.5. The van der Waals surface area contributed by atoms with Gasteiger partial charge in [0, 0.05) is 50.2 Å². The SMILES string of the molecule is C=C(c1cccc(Cc2cn(C)nc2-c2cc(C)nc(N)n2)c1)N(C)CC1=CC=CCC1. The zero-order valence-electron chi connectivity index (χ0n) is 19.0. The Balaban J connectivity index is 1.55. The van der Waals surface area contributed by atoms with Crippen LogP contribution in [0.5, 0.6) is 0 Å². The fourth-order valence-corrected chi connectivity index (χ4v) is 4.08. The van der Waals surface area contributed by atoms with E-state index < -0.39 is 0 Å². The number of nitrogens with zero attached hydrogens (tertiary/aromatic N) is 5. The minimum atomic E-state index is 0.265. The summed E-state index contributed by atoms with van der Waals surface area (Å²) in [6.07, 6.45) is 11.6. The van der Waals surface area contributed by atoms with Crippen molar-refractivity contribution in [2.45, 2.75) is 26.2 Å². The fourth-order valence-electron chi connectivity index (χ4n) is 4.08. The predicted octanol–water partition coefficient (Wildman–Crippen LogP) is 4.54. The van der Waals surface area contributed by atoms with Gasteiger partial charge in [0.15, 0.2) is 0 Å². The molecule has 0 saturated carbocycles. The molecule has 0 saturated heterocycles. The van der Waals surface area contributed by atoms with Crippen LogP contribution < -0.4 is 5.73 Å². The summed E-state index contributed by atoms with van der Waals surface area (Å²) in [6.45, 7) is 7.17. The van der Waals surface area contributed by atoms with Gasteiger partial charge < -0.3 is 10.6 Å². The number of allylic oxidation sites excluding steroid dienone is 3. The molecular weight excluding hydrogens is 396 g/mol. The first-order valence-electron chi connectivity index (χ1n) is 10.9. The lowest BCUT2D eigenvalue weighted by Crippen LogP contribution is -2.19. The molecule has 2 heterocycles. The van der Waals surface area contributed by atoms with Crippen molar-refractivity contribution >= 4 is 11.6 Å². The number of likely N-dealkylation sites (N-methyl/N-ethyl adjacent to an activating group) is 1. The van der Waals surface area contributed by atoms with E-state index in [-0.39, 0.29) is 5.95 Å². The van der Waals surface area contributed by atoms with Gasteiger partial charge in [-0.05, 0) is 43.0 Å². The van der Waals surface area contributed by atoms with Gasteiger partial charge in [-0.15, -0.1) is 0 Å². The van der Waals surface area contributed by atoms with Crippen molar-refractivity contribution < 1.29 is 0 Å². The smallest absolute Gasteiger partial charge is 0.220 e. The van der Waals surface area contributed by atoms with E-state index in [1.54, 1.807) is 0 Å². The van der Waals surface area contributed by atoms with Gasteiger partial charge in [0.25, 0.3) is 0 Å². The van der Waals surface area contributed by atoms with Crippen molar-refractivity contribution in [1.82, 2.24) is 24.6 Å². The minimum absolute atomic E-state index is 0.265. The standard InChI is InChI=1S/C26H30N6/c1-18-13-24(29-26(27)28-18)25-23(17-32(4)30-25)15-21-11-8-12-22(14-21)19(2)31(3)16-20-9-6-5-7-10-20/h5-6,8-9,11-14,17H,2,7,10,15-16H2,1,3-4H3,(H2,27,28,29). The number of hydrogen-bond acceptors (Lipinski definition) is 5. The average Bonchev–Trinajstić information content (AvgIpc) is 3.13. The third kappa shape index (κ3) is 4.97. The van der Waals surface area contributed by atoms with E-state index in [4.69, 9.17) is 5.73 Å². The summed E-state index contributed by atoms with van der Waals surface area (Å²) >= 11 is 0. The van der Waals surface area contributed by atoms with E-state index in [0.717, 1.165) is 59.7 Å². The highest BCUT2D eigenvalue weighted by molar-refractivity contribution is 5.64. The highest BCUT2D eigenvalue weighted by atomic mass is 15.3. The molecule has 0 bridgehead atoms. The molecule has 0 unspecified atom stereocenters. The fraction of sp³-hybridized carbons (Fsp3) is 0.269. The van der Waals surface area contributed by atoms with Gasteiger partial charge in [-0.1, -0.05) is 48.6 Å². The molecule has 0 radical (unpaired) electrons. The Morgan fingerprint density at radius 2 is 2.09 bits per heavy atom. The lowest BCUT2D eigenvalue weighted by Gasteiger charge is -2.24. The average molecular weight is 427 g/mol. The summed E-state index contributed by atoms with van der Waals surface area (Å²) in [5.41, 5.74) is 14.2. The Labute approximate surface area is 189 Å². The van der Waals surface area contributed by atoms with E-state index in [9.17, 15) is 0 Å². The molecule has 2 N–H and O–H groups in total. The van der Waals surface area contributed by atoms with Crippen molar-refractivity contribution in [2.24, 2.45) is 7.05 Å². The summed E-state index contributed by atoms with van der Waals surface area (Å²) in [7, 11) is 4.03. The quantitative estimate of drug-likeness (QED) is 0.601. The zero-order valence-corrected chi connectivity index (χ0v) is 19.0. The van der Waals surface area contributed by atoms with Crippen LogP contribution in [0.2, 0.25) is 0 Å². The number of nitrogens with two attached hydrogens (primary N) is 1. The van der Waals surface area contributed by atoms with Crippen LogP contribution in [-0.4, -0.2) is 38.2 Å². The van der Waals surface area contributed by atoms with Gasteiger partial charge in [0.05, 0.1) is 5.69 Å². The van der Waals surface area contributed by atoms with Crippen LogP contribution in [0.25, 0.3) is 17.1 Å². The topological polar surface area (TPSA) is 72.9 Å². The molecule has 0 fully saturated rings. The van der Waals surface area contributed by atoms with Gasteiger partial charge >= 0.3 is 0 Å². The minimum Gasteiger partial charge on any atom is -0.371 e. The summed E-state index contributed by atoms with van der Waals surface area (Å²) in [5, 5.41) is 4.64. The molecule has 1 aromatic carbocycles. The second-order valence-electron chi connectivity index (χ2n) is 8.40. The normalized spacial score (nSPS) is 13.2. The highest BCUT2D eigenvalue weighted by Gasteiger charge is 2.15. The van der Waals surface area contributed by atoms with Gasteiger partial charge in [-0.3, -0.25) is 4.68 Å². The van der Waals surface area contributed by atoms with Gasteiger partial charge in [0.1, 0.15) is 5.69 Å². The molecule has 1 aliphatic rings. The third-order valence-electron chi connectivity index (χ3n) is 5.67. The molecule has 2 aromatic heterocycles. The van der Waals surface area contributed by atoms with Crippen LogP contribution in [-0.2, 0) is 13.5 Å². The first-order valence-corrected chi connectivity index (χ1v) is 10.9. The van der Waals surface area contributed by atoms with Crippen LogP contribution in [0.1, 0.15) is 35.2 Å². The molecule has 0 atom stereocenters. The Hall–Kier alpha value is -3.67. The van der Waals surface area contributed by atoms with E-state index in [2.05, 4.69) is 76.1 Å². The van der Waals surface area contributed by atoms with Gasteiger partial charge in [-0.2, -0.15) is 5.10 Å². The Morgan fingerprint density at radius 3 is 2.84 bits per heavy atom. The summed E-state index contributed by atoms with van der Waals surface area (Å²) in [5.74, 6) is 0.265. The zero-order chi connectivity index (χ0) is 22.7. The van der Waals surface area contributed by atoms with Crippen molar-refractivity contribution in [3.63, 3.8) is 0 Å². The third-order valence-corrected chi connectivity index (χ3v) is 5.67. The molecule has 164 valence electrons. The maximum atomic E-state index is 5.88.